The van der Waals surface area contributed by atoms with E-state index in [9.17, 15) is 4.79 Å². The second-order valence-electron chi connectivity index (χ2n) is 3.47. The van der Waals surface area contributed by atoms with Crippen molar-refractivity contribution in [2.45, 2.75) is 13.5 Å². The second kappa shape index (κ2) is 4.18. The predicted octanol–water partition coefficient (Wildman–Crippen LogP) is 1.51. The third kappa shape index (κ3) is 1.82. The van der Waals surface area contributed by atoms with Gasteiger partial charge in [0.15, 0.2) is 0 Å². The summed E-state index contributed by atoms with van der Waals surface area (Å²) >= 11 is 0. The number of benzene rings is 1. The molecule has 0 unspecified atom stereocenters. The van der Waals surface area contributed by atoms with Crippen LogP contribution in [0.1, 0.15) is 6.92 Å². The van der Waals surface area contributed by atoms with Crippen molar-refractivity contribution < 1.29 is 0 Å². The second-order valence-corrected chi connectivity index (χ2v) is 3.47. The highest BCUT2D eigenvalue weighted by Crippen LogP contribution is 2.21. The lowest BCUT2D eigenvalue weighted by atomic mass is 10.1. The van der Waals surface area contributed by atoms with Crippen LogP contribution in [0.2, 0.25) is 0 Å². The summed E-state index contributed by atoms with van der Waals surface area (Å²) in [6, 6.07) is 9.67. The standard InChI is InChI=1S/C12H13N3O/c1-2-15-8-10(11(13)14-12(15)16)9-6-4-3-5-7-9/h3-8H,2H2,1H3,(H2,13,14,16). The van der Waals surface area contributed by atoms with E-state index in [-0.39, 0.29) is 11.5 Å². The smallest absolute Gasteiger partial charge is 0.349 e. The summed E-state index contributed by atoms with van der Waals surface area (Å²) in [4.78, 5) is 15.2. The summed E-state index contributed by atoms with van der Waals surface area (Å²) in [6.07, 6.45) is 1.75. The van der Waals surface area contributed by atoms with Gasteiger partial charge in [-0.3, -0.25) is 4.57 Å². The van der Waals surface area contributed by atoms with E-state index in [1.165, 1.54) is 0 Å². The molecule has 0 amide bonds. The average Bonchev–Trinajstić information content (AvgIpc) is 2.30. The molecule has 4 nitrogen and oxygen atoms in total. The maximum atomic E-state index is 11.4. The number of hydrogen-bond donors (Lipinski definition) is 1. The quantitative estimate of drug-likeness (QED) is 0.826. The van der Waals surface area contributed by atoms with Gasteiger partial charge in [-0.2, -0.15) is 4.98 Å². The lowest BCUT2D eigenvalue weighted by Gasteiger charge is -2.07. The van der Waals surface area contributed by atoms with Crippen molar-refractivity contribution in [3.8, 4) is 11.1 Å². The Labute approximate surface area is 93.4 Å². The molecule has 0 radical (unpaired) electrons. The summed E-state index contributed by atoms with van der Waals surface area (Å²) in [5.74, 6) is 0.279. The minimum Gasteiger partial charge on any atom is -0.383 e. The number of aryl methyl sites for hydroxylation is 1. The van der Waals surface area contributed by atoms with Crippen LogP contribution >= 0.6 is 0 Å². The van der Waals surface area contributed by atoms with Crippen LogP contribution in [0.3, 0.4) is 0 Å². The van der Waals surface area contributed by atoms with Gasteiger partial charge in [0.2, 0.25) is 0 Å². The molecule has 0 saturated heterocycles. The van der Waals surface area contributed by atoms with Crippen molar-refractivity contribution in [1.82, 2.24) is 9.55 Å². The fraction of sp³-hybridized carbons (Fsp3) is 0.167. The van der Waals surface area contributed by atoms with Crippen molar-refractivity contribution in [3.05, 3.63) is 47.0 Å². The van der Waals surface area contributed by atoms with Crippen LogP contribution in [0, 0.1) is 0 Å². The summed E-state index contributed by atoms with van der Waals surface area (Å²) in [7, 11) is 0. The molecule has 1 heterocycles. The van der Waals surface area contributed by atoms with E-state index in [2.05, 4.69) is 4.98 Å². The Bertz CT molecular complexity index is 546. The average molecular weight is 215 g/mol. The van der Waals surface area contributed by atoms with Crippen molar-refractivity contribution in [2.75, 3.05) is 5.73 Å². The van der Waals surface area contributed by atoms with Crippen LogP contribution in [0.4, 0.5) is 5.82 Å². The van der Waals surface area contributed by atoms with Crippen molar-refractivity contribution in [3.63, 3.8) is 0 Å². The minimum atomic E-state index is -0.306. The summed E-state index contributed by atoms with van der Waals surface area (Å²) in [5.41, 5.74) is 7.21. The molecule has 1 aromatic carbocycles. The topological polar surface area (TPSA) is 60.9 Å². The van der Waals surface area contributed by atoms with Crippen LogP contribution in [-0.4, -0.2) is 9.55 Å². The molecule has 2 aromatic rings. The van der Waals surface area contributed by atoms with Gasteiger partial charge in [0.25, 0.3) is 0 Å². The van der Waals surface area contributed by atoms with Gasteiger partial charge in [0, 0.05) is 18.3 Å². The van der Waals surface area contributed by atoms with Gasteiger partial charge in [-0.25, -0.2) is 4.79 Å². The first-order valence-electron chi connectivity index (χ1n) is 5.14. The first kappa shape index (κ1) is 10.4. The lowest BCUT2D eigenvalue weighted by Crippen LogP contribution is -2.23. The summed E-state index contributed by atoms with van der Waals surface area (Å²) in [6.45, 7) is 2.49. The molecular weight excluding hydrogens is 202 g/mol. The fourth-order valence-electron chi connectivity index (χ4n) is 1.57. The van der Waals surface area contributed by atoms with Gasteiger partial charge in [-0.15, -0.1) is 0 Å². The van der Waals surface area contributed by atoms with E-state index < -0.39 is 0 Å². The third-order valence-corrected chi connectivity index (χ3v) is 2.45. The highest BCUT2D eigenvalue weighted by atomic mass is 16.1. The Hall–Kier alpha value is -2.10. The maximum absolute atomic E-state index is 11.4. The molecule has 0 spiro atoms. The number of nitrogens with zero attached hydrogens (tertiary/aromatic N) is 2. The number of hydrogen-bond acceptors (Lipinski definition) is 3. The lowest BCUT2D eigenvalue weighted by molar-refractivity contribution is 0.702. The molecule has 0 bridgehead atoms. The molecule has 82 valence electrons. The number of aromatic nitrogens is 2. The zero-order chi connectivity index (χ0) is 11.5. The zero-order valence-electron chi connectivity index (χ0n) is 9.05. The van der Waals surface area contributed by atoms with Crippen LogP contribution in [0.5, 0.6) is 0 Å². The Kier molecular flexibility index (Phi) is 2.72. The number of anilines is 1. The zero-order valence-corrected chi connectivity index (χ0v) is 9.05. The highest BCUT2D eigenvalue weighted by Gasteiger charge is 2.06. The van der Waals surface area contributed by atoms with Gasteiger partial charge in [0.1, 0.15) is 5.82 Å². The van der Waals surface area contributed by atoms with E-state index >= 15 is 0 Å². The minimum absolute atomic E-state index is 0.279. The van der Waals surface area contributed by atoms with Gasteiger partial charge in [-0.1, -0.05) is 30.3 Å². The van der Waals surface area contributed by atoms with Gasteiger partial charge in [0.05, 0.1) is 0 Å². The molecule has 2 N–H and O–H groups in total. The normalized spacial score (nSPS) is 10.3. The molecule has 16 heavy (non-hydrogen) atoms. The van der Waals surface area contributed by atoms with E-state index in [0.717, 1.165) is 11.1 Å². The van der Waals surface area contributed by atoms with Gasteiger partial charge < -0.3 is 5.73 Å². The van der Waals surface area contributed by atoms with Gasteiger partial charge >= 0.3 is 5.69 Å². The van der Waals surface area contributed by atoms with E-state index in [0.29, 0.717) is 6.54 Å². The van der Waals surface area contributed by atoms with Crippen LogP contribution in [-0.2, 0) is 6.54 Å². The van der Waals surface area contributed by atoms with Crippen molar-refractivity contribution in [2.24, 2.45) is 0 Å². The number of nitrogen functional groups attached to an aromatic ring is 1. The molecule has 0 aliphatic rings. The highest BCUT2D eigenvalue weighted by molar-refractivity contribution is 5.72. The van der Waals surface area contributed by atoms with E-state index in [1.807, 2.05) is 37.3 Å². The van der Waals surface area contributed by atoms with Crippen molar-refractivity contribution in [1.29, 1.82) is 0 Å². The van der Waals surface area contributed by atoms with E-state index in [4.69, 9.17) is 5.73 Å². The molecule has 0 aliphatic carbocycles. The molecular formula is C12H13N3O. The molecule has 0 saturated carbocycles. The third-order valence-electron chi connectivity index (χ3n) is 2.45. The SMILES string of the molecule is CCn1cc(-c2ccccc2)c(N)nc1=O. The number of rotatable bonds is 2. The Morgan fingerprint density at radius 1 is 1.31 bits per heavy atom. The van der Waals surface area contributed by atoms with Crippen LogP contribution in [0.25, 0.3) is 11.1 Å². The molecule has 2 rings (SSSR count). The fourth-order valence-corrected chi connectivity index (χ4v) is 1.57. The monoisotopic (exact) mass is 215 g/mol. The summed E-state index contributed by atoms with van der Waals surface area (Å²) in [5, 5.41) is 0. The summed E-state index contributed by atoms with van der Waals surface area (Å²) < 4.78 is 1.54. The van der Waals surface area contributed by atoms with Gasteiger partial charge in [-0.05, 0) is 12.5 Å². The molecule has 0 aliphatic heterocycles. The molecule has 4 heteroatoms. The van der Waals surface area contributed by atoms with Crippen LogP contribution < -0.4 is 11.4 Å². The largest absolute Gasteiger partial charge is 0.383 e. The predicted molar refractivity (Wildman–Crippen MR) is 64.0 cm³/mol. The molecule has 1 aromatic heterocycles. The molecule has 0 fully saturated rings. The Morgan fingerprint density at radius 2 is 2.00 bits per heavy atom. The number of nitrogens with two attached hydrogens (primary N) is 1. The maximum Gasteiger partial charge on any atom is 0.349 e. The Balaban J connectivity index is 2.62. The van der Waals surface area contributed by atoms with Crippen molar-refractivity contribution >= 4 is 5.82 Å². The molecule has 0 atom stereocenters. The first-order valence-corrected chi connectivity index (χ1v) is 5.14. The van der Waals surface area contributed by atoms with Crippen LogP contribution in [0.15, 0.2) is 41.3 Å². The first-order chi connectivity index (χ1) is 7.72. The Morgan fingerprint density at radius 3 is 2.62 bits per heavy atom. The van der Waals surface area contributed by atoms with E-state index in [1.54, 1.807) is 10.8 Å².